The third-order valence-electron chi connectivity index (χ3n) is 5.37. The molecular formula is C22H39IN4O2S. The number of hydrogen-bond acceptors (Lipinski definition) is 4. The Balaban J connectivity index is 0.00000450. The van der Waals surface area contributed by atoms with E-state index in [0.29, 0.717) is 13.0 Å². The van der Waals surface area contributed by atoms with Gasteiger partial charge in [0.15, 0.2) is 5.96 Å². The van der Waals surface area contributed by atoms with Crippen molar-refractivity contribution in [3.63, 3.8) is 0 Å². The molecule has 0 radical (unpaired) electrons. The Morgan fingerprint density at radius 3 is 2.37 bits per heavy atom. The first kappa shape index (κ1) is 27.2. The number of hydrogen-bond donors (Lipinski definition) is 2. The van der Waals surface area contributed by atoms with Gasteiger partial charge in [-0.05, 0) is 63.2 Å². The standard InChI is InChI=1S/C22H38N4O2S.HI/c1-5-23-22(25-19(3)12-15-29(4,27)28)24-16-20-6-8-21(9-7-20)17-26-13-10-18(2)11-14-26;/h6-9,18-19H,5,10-17H2,1-4H3,(H2,23,24,25);1H. The van der Waals surface area contributed by atoms with Gasteiger partial charge in [0.1, 0.15) is 9.84 Å². The fourth-order valence-corrected chi connectivity index (χ4v) is 4.20. The van der Waals surface area contributed by atoms with Crippen molar-refractivity contribution in [2.45, 2.75) is 59.2 Å². The molecule has 172 valence electrons. The fourth-order valence-electron chi connectivity index (χ4n) is 3.42. The van der Waals surface area contributed by atoms with Gasteiger partial charge in [0.05, 0.1) is 12.3 Å². The van der Waals surface area contributed by atoms with Gasteiger partial charge >= 0.3 is 0 Å². The van der Waals surface area contributed by atoms with E-state index in [0.717, 1.165) is 25.0 Å². The molecule has 2 N–H and O–H groups in total. The normalized spacial score (nSPS) is 17.3. The van der Waals surface area contributed by atoms with E-state index in [1.54, 1.807) is 0 Å². The molecule has 0 amide bonds. The van der Waals surface area contributed by atoms with Crippen LogP contribution in [0.1, 0.15) is 51.2 Å². The molecule has 1 aromatic rings. The summed E-state index contributed by atoms with van der Waals surface area (Å²) in [5.74, 6) is 1.76. The van der Waals surface area contributed by atoms with Crippen LogP contribution in [0.3, 0.4) is 0 Å². The number of benzene rings is 1. The maximum Gasteiger partial charge on any atom is 0.191 e. The Kier molecular flexibility index (Phi) is 12.2. The second-order valence-electron chi connectivity index (χ2n) is 8.43. The van der Waals surface area contributed by atoms with Crippen LogP contribution >= 0.6 is 24.0 Å². The number of piperidine rings is 1. The lowest BCUT2D eigenvalue weighted by Gasteiger charge is -2.30. The lowest BCUT2D eigenvalue weighted by molar-refractivity contribution is 0.185. The number of rotatable bonds is 9. The highest BCUT2D eigenvalue weighted by Gasteiger charge is 2.15. The van der Waals surface area contributed by atoms with Gasteiger partial charge in [0.25, 0.3) is 0 Å². The summed E-state index contributed by atoms with van der Waals surface area (Å²) in [7, 11) is -2.94. The predicted octanol–water partition coefficient (Wildman–Crippen LogP) is 3.41. The second kappa shape index (κ2) is 13.5. The number of aliphatic imine (C=N–C) groups is 1. The van der Waals surface area contributed by atoms with Crippen molar-refractivity contribution in [3.8, 4) is 0 Å². The molecular weight excluding hydrogens is 511 g/mol. The lowest BCUT2D eigenvalue weighted by Crippen LogP contribution is -2.42. The van der Waals surface area contributed by atoms with Gasteiger partial charge in [0.2, 0.25) is 0 Å². The lowest BCUT2D eigenvalue weighted by atomic mass is 9.99. The van der Waals surface area contributed by atoms with Gasteiger partial charge in [-0.1, -0.05) is 31.2 Å². The minimum atomic E-state index is -2.94. The zero-order chi connectivity index (χ0) is 21.3. The Bertz CT molecular complexity index is 745. The van der Waals surface area contributed by atoms with Crippen LogP contribution in [-0.4, -0.2) is 57.0 Å². The third kappa shape index (κ3) is 10.9. The quantitative estimate of drug-likeness (QED) is 0.280. The molecule has 30 heavy (non-hydrogen) atoms. The molecule has 1 heterocycles. The minimum absolute atomic E-state index is 0. The van der Waals surface area contributed by atoms with Gasteiger partial charge in [-0.2, -0.15) is 0 Å². The molecule has 1 atom stereocenters. The van der Waals surface area contributed by atoms with E-state index in [4.69, 9.17) is 0 Å². The van der Waals surface area contributed by atoms with Gasteiger partial charge in [-0.3, -0.25) is 4.90 Å². The fraction of sp³-hybridized carbons (Fsp3) is 0.682. The number of sulfone groups is 1. The number of halogens is 1. The summed E-state index contributed by atoms with van der Waals surface area (Å²) in [6.45, 7) is 11.1. The topological polar surface area (TPSA) is 73.8 Å². The van der Waals surface area contributed by atoms with Crippen molar-refractivity contribution < 1.29 is 8.42 Å². The Morgan fingerprint density at radius 1 is 1.20 bits per heavy atom. The largest absolute Gasteiger partial charge is 0.357 e. The molecule has 0 saturated carbocycles. The molecule has 8 heteroatoms. The summed E-state index contributed by atoms with van der Waals surface area (Å²) in [4.78, 5) is 7.20. The van der Waals surface area contributed by atoms with Crippen molar-refractivity contribution in [1.29, 1.82) is 0 Å². The molecule has 1 unspecified atom stereocenters. The van der Waals surface area contributed by atoms with E-state index in [1.165, 1.54) is 43.3 Å². The van der Waals surface area contributed by atoms with Crippen LogP contribution in [0.4, 0.5) is 0 Å². The van der Waals surface area contributed by atoms with Crippen molar-refractivity contribution in [2.75, 3.05) is 31.6 Å². The van der Waals surface area contributed by atoms with E-state index in [-0.39, 0.29) is 35.8 Å². The third-order valence-corrected chi connectivity index (χ3v) is 6.35. The molecule has 1 fully saturated rings. The first-order valence-corrected chi connectivity index (χ1v) is 12.8. The Labute approximate surface area is 200 Å². The van der Waals surface area contributed by atoms with Crippen LogP contribution in [0.15, 0.2) is 29.3 Å². The first-order chi connectivity index (χ1) is 13.7. The Morgan fingerprint density at radius 2 is 1.80 bits per heavy atom. The molecule has 6 nitrogen and oxygen atoms in total. The molecule has 0 aliphatic carbocycles. The average molecular weight is 551 g/mol. The smallest absolute Gasteiger partial charge is 0.191 e. The van der Waals surface area contributed by atoms with E-state index in [1.807, 2.05) is 13.8 Å². The molecule has 1 saturated heterocycles. The van der Waals surface area contributed by atoms with Crippen molar-refractivity contribution in [3.05, 3.63) is 35.4 Å². The van der Waals surface area contributed by atoms with Crippen LogP contribution in [0, 0.1) is 5.92 Å². The summed E-state index contributed by atoms with van der Waals surface area (Å²) >= 11 is 0. The van der Waals surface area contributed by atoms with Crippen molar-refractivity contribution in [2.24, 2.45) is 10.9 Å². The zero-order valence-corrected chi connectivity index (χ0v) is 22.0. The maximum atomic E-state index is 11.3. The molecule has 0 spiro atoms. The van der Waals surface area contributed by atoms with E-state index < -0.39 is 9.84 Å². The summed E-state index contributed by atoms with van der Waals surface area (Å²) < 4.78 is 22.7. The Hall–Kier alpha value is -0.870. The molecule has 1 aliphatic heterocycles. The van der Waals surface area contributed by atoms with Crippen LogP contribution in [-0.2, 0) is 22.9 Å². The highest BCUT2D eigenvalue weighted by atomic mass is 127. The summed E-state index contributed by atoms with van der Waals surface area (Å²) in [6.07, 6.45) is 4.44. The van der Waals surface area contributed by atoms with E-state index in [9.17, 15) is 8.42 Å². The summed E-state index contributed by atoms with van der Waals surface area (Å²) in [5.41, 5.74) is 2.52. The number of likely N-dealkylation sites (tertiary alicyclic amines) is 1. The summed E-state index contributed by atoms with van der Waals surface area (Å²) in [6, 6.07) is 8.76. The molecule has 1 aromatic carbocycles. The highest BCUT2D eigenvalue weighted by molar-refractivity contribution is 14.0. The zero-order valence-electron chi connectivity index (χ0n) is 18.9. The minimum Gasteiger partial charge on any atom is -0.357 e. The van der Waals surface area contributed by atoms with Crippen molar-refractivity contribution in [1.82, 2.24) is 15.5 Å². The SMILES string of the molecule is CCNC(=NCc1ccc(CN2CCC(C)CC2)cc1)NC(C)CCS(C)(=O)=O.I. The average Bonchev–Trinajstić information content (AvgIpc) is 2.67. The molecule has 2 rings (SSSR count). The van der Waals surface area contributed by atoms with Crippen LogP contribution in [0.2, 0.25) is 0 Å². The molecule has 1 aliphatic rings. The van der Waals surface area contributed by atoms with Crippen LogP contribution < -0.4 is 10.6 Å². The van der Waals surface area contributed by atoms with Crippen molar-refractivity contribution >= 4 is 39.8 Å². The number of nitrogens with zero attached hydrogens (tertiary/aromatic N) is 2. The first-order valence-electron chi connectivity index (χ1n) is 10.8. The molecule has 0 bridgehead atoms. The number of nitrogens with one attached hydrogen (secondary N) is 2. The van der Waals surface area contributed by atoms with Crippen LogP contribution in [0.25, 0.3) is 0 Å². The van der Waals surface area contributed by atoms with Crippen LogP contribution in [0.5, 0.6) is 0 Å². The predicted molar refractivity (Wildman–Crippen MR) is 137 cm³/mol. The van der Waals surface area contributed by atoms with Gasteiger partial charge in [-0.25, -0.2) is 13.4 Å². The summed E-state index contributed by atoms with van der Waals surface area (Å²) in [5, 5.41) is 6.53. The van der Waals surface area contributed by atoms with E-state index in [2.05, 4.69) is 51.7 Å². The highest BCUT2D eigenvalue weighted by Crippen LogP contribution is 2.18. The maximum absolute atomic E-state index is 11.3. The molecule has 0 aromatic heterocycles. The monoisotopic (exact) mass is 550 g/mol. The van der Waals surface area contributed by atoms with Gasteiger partial charge in [0, 0.05) is 25.4 Å². The van der Waals surface area contributed by atoms with E-state index >= 15 is 0 Å². The second-order valence-corrected chi connectivity index (χ2v) is 10.7. The van der Waals surface area contributed by atoms with Gasteiger partial charge in [-0.15, -0.1) is 24.0 Å². The number of guanidine groups is 1. The van der Waals surface area contributed by atoms with Gasteiger partial charge < -0.3 is 10.6 Å².